The highest BCUT2D eigenvalue weighted by Gasteiger charge is 2.40. The first-order valence-electron chi connectivity index (χ1n) is 5.93. The van der Waals surface area contributed by atoms with Crippen LogP contribution in [0.5, 0.6) is 0 Å². The van der Waals surface area contributed by atoms with Crippen LogP contribution in [-0.2, 0) is 0 Å². The molecule has 0 heterocycles. The summed E-state index contributed by atoms with van der Waals surface area (Å²) < 4.78 is 0. The zero-order valence-electron chi connectivity index (χ0n) is 13.0. The van der Waals surface area contributed by atoms with Crippen molar-refractivity contribution in [1.29, 1.82) is 16.2 Å². The minimum Gasteiger partial charge on any atom is -0.328 e. The van der Waals surface area contributed by atoms with E-state index in [1.54, 1.807) is 0 Å². The Morgan fingerprint density at radius 2 is 0.944 bits per heavy atom. The van der Waals surface area contributed by atoms with Gasteiger partial charge in [0, 0.05) is 0 Å². The fraction of sp³-hybridized carbons (Fsp3) is 0.727. The maximum Gasteiger partial charge on any atom is 0.183 e. The van der Waals surface area contributed by atoms with E-state index in [4.69, 9.17) is 16.2 Å². The Hall–Kier alpha value is -0.636. The van der Waals surface area contributed by atoms with Crippen LogP contribution in [0.15, 0.2) is 0 Å². The molecule has 0 amide bonds. The SMILES string of the molecule is C=N.C=N.C=N.CCN[Si](C)(NCC)[Si](C)(C)C. The van der Waals surface area contributed by atoms with E-state index < -0.39 is 15.5 Å². The van der Waals surface area contributed by atoms with Crippen LogP contribution in [0.2, 0.25) is 26.2 Å². The lowest BCUT2D eigenvalue weighted by molar-refractivity contribution is 0.880. The fourth-order valence-corrected chi connectivity index (χ4v) is 8.14. The van der Waals surface area contributed by atoms with E-state index >= 15 is 0 Å². The monoisotopic (exact) mass is 291 g/mol. The van der Waals surface area contributed by atoms with E-state index in [0.717, 1.165) is 13.1 Å². The van der Waals surface area contributed by atoms with Crippen LogP contribution in [0, 0.1) is 16.2 Å². The lowest BCUT2D eigenvalue weighted by Gasteiger charge is -2.39. The second kappa shape index (κ2) is 16.4. The van der Waals surface area contributed by atoms with E-state index in [0.29, 0.717) is 0 Å². The molecule has 0 aromatic rings. The molecule has 0 aromatic heterocycles. The molecular weight excluding hydrogens is 258 g/mol. The lowest BCUT2D eigenvalue weighted by atomic mass is 10.8. The summed E-state index contributed by atoms with van der Waals surface area (Å²) in [5, 5.41) is 16.5. The Balaban J connectivity index is -0.000000141. The molecule has 0 saturated carbocycles. The molecule has 0 spiro atoms. The normalized spacial score (nSPS) is 9.67. The molecular formula is C11H33N5Si2. The predicted molar refractivity (Wildman–Crippen MR) is 91.8 cm³/mol. The fourth-order valence-electron chi connectivity index (χ4n) is 1.30. The first kappa shape index (κ1) is 26.0. The molecule has 0 bridgehead atoms. The first-order valence-corrected chi connectivity index (χ1v) is 12.9. The molecule has 0 saturated heterocycles. The summed E-state index contributed by atoms with van der Waals surface area (Å²) in [5.74, 6) is 0. The van der Waals surface area contributed by atoms with E-state index in [2.05, 4.69) is 70.2 Å². The van der Waals surface area contributed by atoms with E-state index in [9.17, 15) is 0 Å². The summed E-state index contributed by atoms with van der Waals surface area (Å²) in [6.45, 7) is 23.9. The Labute approximate surface area is 115 Å². The quantitative estimate of drug-likeness (QED) is 0.397. The van der Waals surface area contributed by atoms with Crippen molar-refractivity contribution in [3.8, 4) is 0 Å². The largest absolute Gasteiger partial charge is 0.328 e. The third kappa shape index (κ3) is 11.8. The molecule has 5 N–H and O–H groups in total. The molecule has 7 heteroatoms. The molecule has 0 aliphatic heterocycles. The Kier molecular flexibility index (Phi) is 23.7. The average Bonchev–Trinajstić information content (AvgIpc) is 2.36. The van der Waals surface area contributed by atoms with Crippen molar-refractivity contribution in [2.75, 3.05) is 13.1 Å². The standard InChI is InChI=1S/C8H24N2Si2.3CH3N/c1-7-9-12(6,10-8-2)11(3,4)5;3*1-2/h9-10H,7-8H2,1-6H3;3*2H,1H2. The van der Waals surface area contributed by atoms with E-state index in [1.807, 2.05) is 0 Å². The van der Waals surface area contributed by atoms with Crippen LogP contribution in [0.4, 0.5) is 0 Å². The van der Waals surface area contributed by atoms with Gasteiger partial charge in [0.05, 0.1) is 7.59 Å². The van der Waals surface area contributed by atoms with Gasteiger partial charge in [-0.3, -0.25) is 0 Å². The van der Waals surface area contributed by atoms with Crippen molar-refractivity contribution in [1.82, 2.24) is 9.96 Å². The molecule has 0 unspecified atom stereocenters. The topological polar surface area (TPSA) is 95.6 Å². The molecule has 0 fully saturated rings. The second-order valence-electron chi connectivity index (χ2n) is 4.44. The number of nitrogens with one attached hydrogen (secondary N) is 5. The van der Waals surface area contributed by atoms with Crippen molar-refractivity contribution >= 4 is 35.7 Å². The van der Waals surface area contributed by atoms with Gasteiger partial charge in [-0.05, 0) is 39.8 Å². The Bertz CT molecular complexity index is 163. The smallest absolute Gasteiger partial charge is 0.183 e. The predicted octanol–water partition coefficient (Wildman–Crippen LogP) is 2.49. The van der Waals surface area contributed by atoms with E-state index in [1.165, 1.54) is 0 Å². The molecule has 0 atom stereocenters. The van der Waals surface area contributed by atoms with Crippen LogP contribution in [0.1, 0.15) is 13.8 Å². The summed E-state index contributed by atoms with van der Waals surface area (Å²) in [6.07, 6.45) is 0. The van der Waals surface area contributed by atoms with Crippen LogP contribution in [0.3, 0.4) is 0 Å². The van der Waals surface area contributed by atoms with Crippen LogP contribution in [-0.4, -0.2) is 48.7 Å². The highest BCUT2D eigenvalue weighted by atomic mass is 29.3. The Morgan fingerprint density at radius 1 is 0.722 bits per heavy atom. The van der Waals surface area contributed by atoms with Gasteiger partial charge >= 0.3 is 0 Å². The van der Waals surface area contributed by atoms with Gasteiger partial charge < -0.3 is 26.2 Å². The summed E-state index contributed by atoms with van der Waals surface area (Å²) in [6, 6.07) is 0. The molecule has 110 valence electrons. The molecule has 0 aromatic carbocycles. The molecule has 5 nitrogen and oxygen atoms in total. The molecule has 0 aliphatic carbocycles. The first-order chi connectivity index (χ1) is 8.37. The highest BCUT2D eigenvalue weighted by molar-refractivity contribution is 7.38. The minimum atomic E-state index is -1.31. The lowest BCUT2D eigenvalue weighted by Crippen LogP contribution is -2.74. The summed E-state index contributed by atoms with van der Waals surface area (Å²) in [7, 11) is -2.35. The van der Waals surface area contributed by atoms with Gasteiger partial charge in [0.2, 0.25) is 0 Å². The van der Waals surface area contributed by atoms with Gasteiger partial charge in [0.15, 0.2) is 7.91 Å². The van der Waals surface area contributed by atoms with Crippen molar-refractivity contribution in [3.63, 3.8) is 0 Å². The second-order valence-corrected chi connectivity index (χ2v) is 19.4. The summed E-state index contributed by atoms with van der Waals surface area (Å²) in [5.41, 5.74) is 0. The number of rotatable bonds is 5. The third-order valence-corrected chi connectivity index (χ3v) is 17.7. The number of hydrogen-bond donors (Lipinski definition) is 5. The number of hydrogen-bond acceptors (Lipinski definition) is 5. The molecule has 0 aliphatic rings. The van der Waals surface area contributed by atoms with Crippen LogP contribution < -0.4 is 9.96 Å². The average molecular weight is 292 g/mol. The maximum atomic E-state index is 5.50. The minimum absolute atomic E-state index is 1.04. The molecule has 0 rings (SSSR count). The van der Waals surface area contributed by atoms with Gasteiger partial charge in [-0.25, -0.2) is 0 Å². The summed E-state index contributed by atoms with van der Waals surface area (Å²) in [4.78, 5) is 7.38. The maximum absolute atomic E-state index is 5.50. The van der Waals surface area contributed by atoms with Crippen LogP contribution in [0.25, 0.3) is 0 Å². The van der Waals surface area contributed by atoms with Crippen LogP contribution >= 0.6 is 0 Å². The highest BCUT2D eigenvalue weighted by Crippen LogP contribution is 2.12. The van der Waals surface area contributed by atoms with Crippen molar-refractivity contribution < 1.29 is 0 Å². The van der Waals surface area contributed by atoms with Crippen molar-refractivity contribution in [2.24, 2.45) is 0 Å². The molecule has 0 radical (unpaired) electrons. The van der Waals surface area contributed by atoms with Crippen molar-refractivity contribution in [2.45, 2.75) is 40.0 Å². The van der Waals surface area contributed by atoms with Gasteiger partial charge in [0.1, 0.15) is 0 Å². The van der Waals surface area contributed by atoms with Gasteiger partial charge in [-0.2, -0.15) is 0 Å². The van der Waals surface area contributed by atoms with Crippen molar-refractivity contribution in [3.05, 3.63) is 0 Å². The van der Waals surface area contributed by atoms with E-state index in [-0.39, 0.29) is 0 Å². The third-order valence-electron chi connectivity index (χ3n) is 2.56. The van der Waals surface area contributed by atoms with Gasteiger partial charge in [0.25, 0.3) is 0 Å². The molecule has 18 heavy (non-hydrogen) atoms. The Morgan fingerprint density at radius 3 is 1.06 bits per heavy atom. The van der Waals surface area contributed by atoms with Gasteiger partial charge in [-0.15, -0.1) is 0 Å². The van der Waals surface area contributed by atoms with Gasteiger partial charge in [-0.1, -0.05) is 33.5 Å². The summed E-state index contributed by atoms with van der Waals surface area (Å²) >= 11 is 0. The zero-order valence-corrected chi connectivity index (χ0v) is 15.0. The zero-order chi connectivity index (χ0) is 15.8.